The zero-order valence-corrected chi connectivity index (χ0v) is 13.8. The molecule has 0 amide bonds. The van der Waals surface area contributed by atoms with Gasteiger partial charge in [-0.25, -0.2) is 4.79 Å². The smallest absolute Gasteiger partial charge is 0.339 e. The number of carboxylic acid groups (broad SMARTS) is 1. The molecule has 2 aromatic carbocycles. The molecule has 0 saturated carbocycles. The second kappa shape index (κ2) is 5.88. The summed E-state index contributed by atoms with van der Waals surface area (Å²) < 4.78 is 31.6. The zero-order valence-electron chi connectivity index (χ0n) is 9.86. The molecule has 0 heterocycles. The monoisotopic (exact) mass is 307 g/mol. The Kier molecular flexibility index (Phi) is 5.12. The van der Waals surface area contributed by atoms with Crippen LogP contribution in [0, 0.1) is 0 Å². The van der Waals surface area contributed by atoms with Gasteiger partial charge in [-0.15, -0.1) is 0 Å². The fourth-order valence-electron chi connectivity index (χ4n) is 1.73. The number of aromatic hydroxyl groups is 1. The number of rotatable bonds is 2. The number of hydrogen-bond donors (Lipinski definition) is 3. The standard InChI is InChI=1S/C11H8O6S.K/c12-9-8(11(13)14)5-6-3-1-2-4-7(6)10(9)18(15,16)17;/h1-5,12H,(H,13,14)(H,15,16,17);. The summed E-state index contributed by atoms with van der Waals surface area (Å²) in [4.78, 5) is 10.1. The van der Waals surface area contributed by atoms with Crippen LogP contribution < -0.4 is 0 Å². The maximum atomic E-state index is 11.2. The summed E-state index contributed by atoms with van der Waals surface area (Å²) in [5, 5.41) is 18.9. The van der Waals surface area contributed by atoms with Gasteiger partial charge in [-0.3, -0.25) is 4.55 Å². The molecule has 6 nitrogen and oxygen atoms in total. The second-order valence-electron chi connectivity index (χ2n) is 3.60. The number of fused-ring (bicyclic) bond motifs is 1. The van der Waals surface area contributed by atoms with E-state index in [1.165, 1.54) is 18.2 Å². The van der Waals surface area contributed by atoms with E-state index in [4.69, 9.17) is 9.66 Å². The van der Waals surface area contributed by atoms with Gasteiger partial charge in [-0.05, 0) is 11.5 Å². The number of phenols is 1. The molecule has 0 spiro atoms. The molecule has 0 aliphatic heterocycles. The SMILES string of the molecule is O=C(O)c1cc2ccccc2c(S(=O)(=O)O)c1O.[K]. The van der Waals surface area contributed by atoms with Gasteiger partial charge in [0, 0.05) is 56.8 Å². The first-order valence-electron chi connectivity index (χ1n) is 4.78. The number of benzene rings is 2. The third kappa shape index (κ3) is 3.16. The molecule has 0 saturated heterocycles. The molecule has 3 N–H and O–H groups in total. The predicted molar refractivity (Wildman–Crippen MR) is 68.1 cm³/mol. The Balaban J connectivity index is 0.00000180. The normalized spacial score (nSPS) is 11.0. The minimum atomic E-state index is -4.73. The quantitative estimate of drug-likeness (QED) is 0.566. The summed E-state index contributed by atoms with van der Waals surface area (Å²) in [6.07, 6.45) is 0. The first-order chi connectivity index (χ1) is 8.32. The molecule has 0 fully saturated rings. The van der Waals surface area contributed by atoms with E-state index < -0.39 is 32.3 Å². The van der Waals surface area contributed by atoms with Crippen molar-refractivity contribution in [1.29, 1.82) is 0 Å². The van der Waals surface area contributed by atoms with Gasteiger partial charge in [0.1, 0.15) is 10.5 Å². The molecule has 0 aliphatic rings. The topological polar surface area (TPSA) is 112 Å². The number of carbonyl (C=O) groups is 1. The van der Waals surface area contributed by atoms with Crippen LogP contribution in [-0.4, -0.2) is 80.5 Å². The van der Waals surface area contributed by atoms with Crippen molar-refractivity contribution in [3.05, 3.63) is 35.9 Å². The van der Waals surface area contributed by atoms with Gasteiger partial charge in [-0.1, -0.05) is 24.3 Å². The molecule has 0 atom stereocenters. The van der Waals surface area contributed by atoms with Crippen molar-refractivity contribution >= 4 is 78.2 Å². The van der Waals surface area contributed by atoms with Crippen LogP contribution in [0.3, 0.4) is 0 Å². The minimum Gasteiger partial charge on any atom is -0.506 e. The van der Waals surface area contributed by atoms with Gasteiger partial charge in [0.15, 0.2) is 5.75 Å². The maximum absolute atomic E-state index is 11.2. The summed E-state index contributed by atoms with van der Waals surface area (Å²) in [7, 11) is -4.73. The molecular formula is C11H8KO6S. The van der Waals surface area contributed by atoms with Crippen LogP contribution in [-0.2, 0) is 10.1 Å². The van der Waals surface area contributed by atoms with Crippen LogP contribution in [0.5, 0.6) is 5.75 Å². The summed E-state index contributed by atoms with van der Waals surface area (Å²) >= 11 is 0. The third-order valence-corrected chi connectivity index (χ3v) is 3.39. The van der Waals surface area contributed by atoms with E-state index in [1.54, 1.807) is 6.07 Å². The van der Waals surface area contributed by atoms with Gasteiger partial charge in [-0.2, -0.15) is 8.42 Å². The molecule has 8 heteroatoms. The molecule has 1 radical (unpaired) electrons. The molecule has 2 rings (SSSR count). The second-order valence-corrected chi connectivity index (χ2v) is 4.96. The molecule has 0 aromatic heterocycles. The van der Waals surface area contributed by atoms with Crippen LogP contribution in [0.1, 0.15) is 10.4 Å². The van der Waals surface area contributed by atoms with Crippen LogP contribution in [0.25, 0.3) is 10.8 Å². The van der Waals surface area contributed by atoms with Crippen molar-refractivity contribution in [2.75, 3.05) is 0 Å². The molecule has 0 bridgehead atoms. The van der Waals surface area contributed by atoms with Crippen molar-refractivity contribution in [1.82, 2.24) is 0 Å². The van der Waals surface area contributed by atoms with E-state index in [1.807, 2.05) is 0 Å². The van der Waals surface area contributed by atoms with Crippen molar-refractivity contribution in [2.24, 2.45) is 0 Å². The summed E-state index contributed by atoms with van der Waals surface area (Å²) in [5.74, 6) is -2.45. The van der Waals surface area contributed by atoms with Gasteiger partial charge >= 0.3 is 5.97 Å². The first-order valence-corrected chi connectivity index (χ1v) is 6.22. The summed E-state index contributed by atoms with van der Waals surface area (Å²) in [6.45, 7) is 0. The maximum Gasteiger partial charge on any atom is 0.339 e. The molecule has 0 aliphatic carbocycles. The van der Waals surface area contributed by atoms with E-state index in [9.17, 15) is 18.3 Å². The fourth-order valence-corrected chi connectivity index (χ4v) is 2.55. The van der Waals surface area contributed by atoms with Gasteiger partial charge in [0.25, 0.3) is 10.1 Å². The molecule has 95 valence electrons. The Morgan fingerprint density at radius 2 is 1.74 bits per heavy atom. The van der Waals surface area contributed by atoms with E-state index in [-0.39, 0.29) is 56.8 Å². The van der Waals surface area contributed by atoms with Crippen LogP contribution in [0.2, 0.25) is 0 Å². The molecule has 0 unspecified atom stereocenters. The Morgan fingerprint density at radius 1 is 1.16 bits per heavy atom. The van der Waals surface area contributed by atoms with Crippen molar-refractivity contribution in [3.63, 3.8) is 0 Å². The number of hydrogen-bond acceptors (Lipinski definition) is 4. The Hall–Kier alpha value is -0.484. The first kappa shape index (κ1) is 16.6. The summed E-state index contributed by atoms with van der Waals surface area (Å²) in [6, 6.07) is 7.08. The predicted octanol–water partition coefficient (Wildman–Crippen LogP) is 1.11. The Morgan fingerprint density at radius 3 is 2.26 bits per heavy atom. The van der Waals surface area contributed by atoms with Crippen LogP contribution >= 0.6 is 0 Å². The fraction of sp³-hybridized carbons (Fsp3) is 0. The van der Waals surface area contributed by atoms with E-state index in [0.29, 0.717) is 5.39 Å². The Bertz CT molecular complexity index is 753. The molecule has 2 aromatic rings. The summed E-state index contributed by atoms with van der Waals surface area (Å²) in [5.41, 5.74) is -0.582. The van der Waals surface area contributed by atoms with Crippen LogP contribution in [0.15, 0.2) is 35.2 Å². The average Bonchev–Trinajstić information content (AvgIpc) is 2.25. The van der Waals surface area contributed by atoms with E-state index in [2.05, 4.69) is 0 Å². The van der Waals surface area contributed by atoms with E-state index >= 15 is 0 Å². The zero-order chi connectivity index (χ0) is 13.5. The van der Waals surface area contributed by atoms with Gasteiger partial charge < -0.3 is 10.2 Å². The third-order valence-electron chi connectivity index (χ3n) is 2.46. The molecule has 19 heavy (non-hydrogen) atoms. The minimum absolute atomic E-state index is 0. The molecular weight excluding hydrogens is 299 g/mol. The van der Waals surface area contributed by atoms with Gasteiger partial charge in [0.05, 0.1) is 0 Å². The van der Waals surface area contributed by atoms with E-state index in [0.717, 1.165) is 6.07 Å². The number of carboxylic acids is 1. The van der Waals surface area contributed by atoms with Crippen molar-refractivity contribution < 1.29 is 28.0 Å². The van der Waals surface area contributed by atoms with Crippen molar-refractivity contribution in [3.8, 4) is 5.75 Å². The number of aromatic carboxylic acids is 1. The average molecular weight is 307 g/mol. The van der Waals surface area contributed by atoms with Gasteiger partial charge in [0.2, 0.25) is 0 Å². The van der Waals surface area contributed by atoms with Crippen LogP contribution in [0.4, 0.5) is 0 Å². The van der Waals surface area contributed by atoms with Crippen molar-refractivity contribution in [2.45, 2.75) is 4.90 Å². The Labute approximate surface area is 151 Å². The largest absolute Gasteiger partial charge is 0.506 e.